The largest absolute Gasteiger partial charge is 0.488 e. The first-order chi connectivity index (χ1) is 14.1. The highest BCUT2D eigenvalue weighted by molar-refractivity contribution is 8.19. The predicted octanol–water partition coefficient (Wildman–Crippen LogP) is 5.65. The molecule has 0 aliphatic carbocycles. The van der Waals surface area contributed by atoms with Crippen LogP contribution in [-0.2, 0) is 11.4 Å². The Bertz CT molecular complexity index is 1080. The van der Waals surface area contributed by atoms with Crippen molar-refractivity contribution in [2.75, 3.05) is 4.90 Å². The number of benzene rings is 3. The number of ether oxygens (including phenoxy) is 1. The van der Waals surface area contributed by atoms with Gasteiger partial charge in [-0.2, -0.15) is 0 Å². The molecule has 2 amide bonds. The molecule has 1 saturated heterocycles. The van der Waals surface area contributed by atoms with Gasteiger partial charge < -0.3 is 4.74 Å². The summed E-state index contributed by atoms with van der Waals surface area (Å²) in [5.41, 5.74) is 2.05. The van der Waals surface area contributed by atoms with Gasteiger partial charge in [0.2, 0.25) is 0 Å². The van der Waals surface area contributed by atoms with E-state index in [4.69, 9.17) is 4.74 Å². The zero-order valence-corrected chi connectivity index (χ0v) is 16.1. The number of para-hydroxylation sites is 2. The van der Waals surface area contributed by atoms with Crippen LogP contribution in [0.25, 0.3) is 6.08 Å². The number of hydrogen-bond donors (Lipinski definition) is 0. The van der Waals surface area contributed by atoms with Crippen molar-refractivity contribution in [3.05, 3.63) is 101 Å². The quantitative estimate of drug-likeness (QED) is 0.515. The van der Waals surface area contributed by atoms with Crippen molar-refractivity contribution in [3.8, 4) is 5.75 Å². The second-order valence-electron chi connectivity index (χ2n) is 6.31. The predicted molar refractivity (Wildman–Crippen MR) is 112 cm³/mol. The SMILES string of the molecule is O=C1S/C(=C/c2ccccc2OCc2ccc(F)cc2)C(=O)N1c1ccccc1. The Hall–Kier alpha value is -3.38. The van der Waals surface area contributed by atoms with Crippen molar-refractivity contribution in [1.82, 2.24) is 0 Å². The fourth-order valence-electron chi connectivity index (χ4n) is 2.88. The van der Waals surface area contributed by atoms with E-state index < -0.39 is 0 Å². The molecule has 0 bridgehead atoms. The third-order valence-corrected chi connectivity index (χ3v) is 5.19. The molecule has 0 radical (unpaired) electrons. The molecular formula is C23H16FNO3S. The van der Waals surface area contributed by atoms with Crippen LogP contribution in [0.1, 0.15) is 11.1 Å². The van der Waals surface area contributed by atoms with Gasteiger partial charge in [0.05, 0.1) is 10.6 Å². The first-order valence-corrected chi connectivity index (χ1v) is 9.73. The Morgan fingerprint density at radius 1 is 0.897 bits per heavy atom. The van der Waals surface area contributed by atoms with Crippen LogP contribution in [0.4, 0.5) is 14.9 Å². The summed E-state index contributed by atoms with van der Waals surface area (Å²) in [4.78, 5) is 26.7. The summed E-state index contributed by atoms with van der Waals surface area (Å²) in [7, 11) is 0. The average molecular weight is 405 g/mol. The van der Waals surface area contributed by atoms with Gasteiger partial charge in [-0.3, -0.25) is 9.59 Å². The third kappa shape index (κ3) is 4.22. The number of anilines is 1. The van der Waals surface area contributed by atoms with E-state index in [2.05, 4.69) is 0 Å². The van der Waals surface area contributed by atoms with Gasteiger partial charge in [0.25, 0.3) is 11.1 Å². The van der Waals surface area contributed by atoms with Gasteiger partial charge in [-0.25, -0.2) is 9.29 Å². The van der Waals surface area contributed by atoms with Crippen LogP contribution in [0, 0.1) is 5.82 Å². The van der Waals surface area contributed by atoms with Gasteiger partial charge >= 0.3 is 0 Å². The number of amides is 2. The number of nitrogens with zero attached hydrogens (tertiary/aromatic N) is 1. The number of imide groups is 1. The second kappa shape index (κ2) is 8.32. The van der Waals surface area contributed by atoms with Crippen molar-refractivity contribution in [3.63, 3.8) is 0 Å². The molecule has 1 aliphatic heterocycles. The maximum Gasteiger partial charge on any atom is 0.298 e. The van der Waals surface area contributed by atoms with Gasteiger partial charge in [-0.1, -0.05) is 48.5 Å². The van der Waals surface area contributed by atoms with Crippen LogP contribution in [0.3, 0.4) is 0 Å². The van der Waals surface area contributed by atoms with Crippen LogP contribution in [-0.4, -0.2) is 11.1 Å². The number of thioether (sulfide) groups is 1. The minimum Gasteiger partial charge on any atom is -0.488 e. The summed E-state index contributed by atoms with van der Waals surface area (Å²) in [6.45, 7) is 0.261. The molecule has 1 heterocycles. The summed E-state index contributed by atoms with van der Waals surface area (Å²) in [6.07, 6.45) is 1.66. The van der Waals surface area contributed by atoms with E-state index in [9.17, 15) is 14.0 Å². The molecule has 29 heavy (non-hydrogen) atoms. The minimum atomic E-state index is -0.362. The van der Waals surface area contributed by atoms with Gasteiger partial charge in [0.1, 0.15) is 18.2 Å². The zero-order valence-electron chi connectivity index (χ0n) is 15.2. The zero-order chi connectivity index (χ0) is 20.2. The second-order valence-corrected chi connectivity index (χ2v) is 7.30. The van der Waals surface area contributed by atoms with Crippen LogP contribution >= 0.6 is 11.8 Å². The van der Waals surface area contributed by atoms with E-state index in [1.54, 1.807) is 48.5 Å². The summed E-state index contributed by atoms with van der Waals surface area (Å²) in [6, 6.07) is 22.2. The fraction of sp³-hybridized carbons (Fsp3) is 0.0435. The number of halogens is 1. The standard InChI is InChI=1S/C23H16FNO3S/c24-18-12-10-16(11-13-18)15-28-20-9-5-4-6-17(20)14-21-22(26)25(23(27)29-21)19-7-2-1-3-8-19/h1-14H,15H2/b21-14+. The molecule has 0 unspecified atom stereocenters. The van der Waals surface area contributed by atoms with E-state index in [0.29, 0.717) is 21.9 Å². The maximum absolute atomic E-state index is 13.0. The number of carbonyl (C=O) groups excluding carboxylic acids is 2. The molecular weight excluding hydrogens is 389 g/mol. The highest BCUT2D eigenvalue weighted by Gasteiger charge is 2.36. The lowest BCUT2D eigenvalue weighted by Crippen LogP contribution is -2.27. The molecule has 3 aromatic rings. The molecule has 0 N–H and O–H groups in total. The molecule has 4 nitrogen and oxygen atoms in total. The van der Waals surface area contributed by atoms with Gasteiger partial charge in [-0.05, 0) is 53.7 Å². The Morgan fingerprint density at radius 3 is 2.34 bits per heavy atom. The maximum atomic E-state index is 13.0. The number of rotatable bonds is 5. The van der Waals surface area contributed by atoms with Crippen molar-refractivity contribution in [1.29, 1.82) is 0 Å². The van der Waals surface area contributed by atoms with Gasteiger partial charge in [0, 0.05) is 5.56 Å². The molecule has 144 valence electrons. The molecule has 3 aromatic carbocycles. The lowest BCUT2D eigenvalue weighted by atomic mass is 10.1. The van der Waals surface area contributed by atoms with E-state index in [1.165, 1.54) is 17.0 Å². The van der Waals surface area contributed by atoms with Crippen molar-refractivity contribution < 1.29 is 18.7 Å². The first-order valence-electron chi connectivity index (χ1n) is 8.91. The monoisotopic (exact) mass is 405 g/mol. The average Bonchev–Trinajstić information content (AvgIpc) is 3.02. The third-order valence-electron chi connectivity index (χ3n) is 4.32. The molecule has 0 saturated carbocycles. The van der Waals surface area contributed by atoms with Crippen LogP contribution < -0.4 is 9.64 Å². The summed E-state index contributed by atoms with van der Waals surface area (Å²) in [5.74, 6) is -0.0915. The summed E-state index contributed by atoms with van der Waals surface area (Å²) < 4.78 is 18.9. The lowest BCUT2D eigenvalue weighted by molar-refractivity contribution is -0.113. The fourth-order valence-corrected chi connectivity index (χ4v) is 3.71. The Kier molecular flexibility index (Phi) is 5.44. The van der Waals surface area contributed by atoms with Crippen molar-refractivity contribution in [2.24, 2.45) is 0 Å². The highest BCUT2D eigenvalue weighted by atomic mass is 32.2. The summed E-state index contributed by atoms with van der Waals surface area (Å²) >= 11 is 0.898. The Labute approximate surface area is 171 Å². The molecule has 0 spiro atoms. The van der Waals surface area contributed by atoms with Gasteiger partial charge in [-0.15, -0.1) is 0 Å². The Balaban J connectivity index is 1.56. The van der Waals surface area contributed by atoms with E-state index in [0.717, 1.165) is 17.3 Å². The first kappa shape index (κ1) is 19.0. The number of carbonyl (C=O) groups is 2. The molecule has 4 rings (SSSR count). The van der Waals surface area contributed by atoms with Crippen LogP contribution in [0.2, 0.25) is 0 Å². The topological polar surface area (TPSA) is 46.6 Å². The Morgan fingerprint density at radius 2 is 1.59 bits per heavy atom. The molecule has 1 fully saturated rings. The smallest absolute Gasteiger partial charge is 0.298 e. The number of hydrogen-bond acceptors (Lipinski definition) is 4. The minimum absolute atomic E-state index is 0.261. The lowest BCUT2D eigenvalue weighted by Gasteiger charge is -2.12. The van der Waals surface area contributed by atoms with Crippen LogP contribution in [0.5, 0.6) is 5.75 Å². The summed E-state index contributed by atoms with van der Waals surface area (Å²) in [5, 5.41) is -0.336. The van der Waals surface area contributed by atoms with E-state index in [1.807, 2.05) is 24.3 Å². The molecule has 0 aromatic heterocycles. The van der Waals surface area contributed by atoms with E-state index >= 15 is 0 Å². The normalized spacial score (nSPS) is 15.2. The van der Waals surface area contributed by atoms with E-state index in [-0.39, 0.29) is 23.6 Å². The molecule has 6 heteroatoms. The van der Waals surface area contributed by atoms with Gasteiger partial charge in [0.15, 0.2) is 0 Å². The highest BCUT2D eigenvalue weighted by Crippen LogP contribution is 2.36. The van der Waals surface area contributed by atoms with Crippen molar-refractivity contribution in [2.45, 2.75) is 6.61 Å². The molecule has 0 atom stereocenters. The van der Waals surface area contributed by atoms with Crippen LogP contribution in [0.15, 0.2) is 83.8 Å². The van der Waals surface area contributed by atoms with Crippen molar-refractivity contribution >= 4 is 34.7 Å². The molecule has 1 aliphatic rings.